The fraction of sp³-hybridized carbons (Fsp3) is 0.778. The van der Waals surface area contributed by atoms with Gasteiger partial charge in [0.05, 0.1) is 13.1 Å². The summed E-state index contributed by atoms with van der Waals surface area (Å²) in [6.07, 6.45) is 2.19. The van der Waals surface area contributed by atoms with Crippen molar-refractivity contribution in [2.45, 2.75) is 18.9 Å². The molecule has 2 amide bonds. The van der Waals surface area contributed by atoms with Gasteiger partial charge in [-0.05, 0) is 19.4 Å². The highest BCUT2D eigenvalue weighted by Gasteiger charge is 2.19. The van der Waals surface area contributed by atoms with Gasteiger partial charge < -0.3 is 16.8 Å². The first-order chi connectivity index (χ1) is 7.08. The second kappa shape index (κ2) is 5.67. The van der Waals surface area contributed by atoms with E-state index >= 15 is 0 Å². The molecule has 0 bridgehead atoms. The average Bonchev–Trinajstić information content (AvgIpc) is 2.53. The third-order valence-corrected chi connectivity index (χ3v) is 2.40. The minimum Gasteiger partial charge on any atom is -0.369 e. The molecule has 0 spiro atoms. The van der Waals surface area contributed by atoms with Gasteiger partial charge in [0.15, 0.2) is 0 Å². The number of carbonyl (C=O) groups is 2. The SMILES string of the molecule is NC(=O)CN(CC(N)=O)CC1CCCN1. The summed E-state index contributed by atoms with van der Waals surface area (Å²) in [7, 11) is 0. The second-order valence-electron chi connectivity index (χ2n) is 3.90. The number of nitrogens with one attached hydrogen (secondary N) is 1. The van der Waals surface area contributed by atoms with Gasteiger partial charge in [0.25, 0.3) is 0 Å². The summed E-state index contributed by atoms with van der Waals surface area (Å²) < 4.78 is 0. The van der Waals surface area contributed by atoms with Gasteiger partial charge >= 0.3 is 0 Å². The minimum atomic E-state index is -0.436. The fourth-order valence-electron chi connectivity index (χ4n) is 1.85. The van der Waals surface area contributed by atoms with Crippen molar-refractivity contribution < 1.29 is 9.59 Å². The van der Waals surface area contributed by atoms with E-state index in [1.165, 1.54) is 0 Å². The molecule has 1 atom stereocenters. The maximum atomic E-state index is 10.8. The third-order valence-electron chi connectivity index (χ3n) is 2.40. The molecular formula is C9H18N4O2. The Morgan fingerprint density at radius 1 is 1.27 bits per heavy atom. The lowest BCUT2D eigenvalue weighted by atomic mass is 10.2. The van der Waals surface area contributed by atoms with Crippen LogP contribution >= 0.6 is 0 Å². The molecule has 1 saturated heterocycles. The number of amides is 2. The predicted octanol–water partition coefficient (Wildman–Crippen LogP) is -1.99. The molecular weight excluding hydrogens is 196 g/mol. The first-order valence-corrected chi connectivity index (χ1v) is 5.10. The zero-order valence-electron chi connectivity index (χ0n) is 8.74. The molecule has 1 aliphatic rings. The van der Waals surface area contributed by atoms with Gasteiger partial charge in [0.2, 0.25) is 11.8 Å². The summed E-state index contributed by atoms with van der Waals surface area (Å²) in [5, 5.41) is 3.29. The van der Waals surface area contributed by atoms with E-state index in [0.717, 1.165) is 19.4 Å². The maximum absolute atomic E-state index is 10.8. The Bertz CT molecular complexity index is 222. The number of hydrogen-bond acceptors (Lipinski definition) is 4. The van der Waals surface area contributed by atoms with E-state index in [2.05, 4.69) is 5.32 Å². The quantitative estimate of drug-likeness (QED) is 0.476. The second-order valence-corrected chi connectivity index (χ2v) is 3.90. The number of hydrogen-bond donors (Lipinski definition) is 3. The number of nitrogens with two attached hydrogens (primary N) is 2. The zero-order chi connectivity index (χ0) is 11.3. The highest BCUT2D eigenvalue weighted by molar-refractivity contribution is 5.79. The Kier molecular flexibility index (Phi) is 4.51. The van der Waals surface area contributed by atoms with Crippen LogP contribution in [0.4, 0.5) is 0 Å². The first kappa shape index (κ1) is 11.9. The largest absolute Gasteiger partial charge is 0.369 e. The summed E-state index contributed by atoms with van der Waals surface area (Å²) in [4.78, 5) is 23.2. The van der Waals surface area contributed by atoms with Crippen LogP contribution in [-0.2, 0) is 9.59 Å². The van der Waals surface area contributed by atoms with Gasteiger partial charge in [-0.1, -0.05) is 0 Å². The lowest BCUT2D eigenvalue weighted by molar-refractivity contribution is -0.122. The summed E-state index contributed by atoms with van der Waals surface area (Å²) in [6.45, 7) is 1.81. The van der Waals surface area contributed by atoms with Crippen LogP contribution in [0.2, 0.25) is 0 Å². The van der Waals surface area contributed by atoms with E-state index in [0.29, 0.717) is 12.6 Å². The molecule has 0 radical (unpaired) electrons. The molecule has 1 heterocycles. The van der Waals surface area contributed by atoms with Crippen molar-refractivity contribution in [2.75, 3.05) is 26.2 Å². The molecule has 5 N–H and O–H groups in total. The van der Waals surface area contributed by atoms with Crippen LogP contribution in [0.1, 0.15) is 12.8 Å². The van der Waals surface area contributed by atoms with Gasteiger partial charge in [-0.25, -0.2) is 0 Å². The molecule has 1 aliphatic heterocycles. The molecule has 1 rings (SSSR count). The fourth-order valence-corrected chi connectivity index (χ4v) is 1.85. The normalized spacial score (nSPS) is 20.7. The smallest absolute Gasteiger partial charge is 0.231 e. The number of rotatable bonds is 6. The maximum Gasteiger partial charge on any atom is 0.231 e. The summed E-state index contributed by atoms with van der Waals surface area (Å²) in [5.74, 6) is -0.872. The predicted molar refractivity (Wildman–Crippen MR) is 55.9 cm³/mol. The molecule has 6 nitrogen and oxygen atoms in total. The standard InChI is InChI=1S/C9H18N4O2/c10-8(14)5-13(6-9(11)15)4-7-2-1-3-12-7/h7,12H,1-6H2,(H2,10,14)(H2,11,15). The highest BCUT2D eigenvalue weighted by atomic mass is 16.2. The van der Waals surface area contributed by atoms with E-state index in [1.807, 2.05) is 0 Å². The van der Waals surface area contributed by atoms with Crippen molar-refractivity contribution in [3.8, 4) is 0 Å². The molecule has 0 saturated carbocycles. The Morgan fingerprint density at radius 3 is 2.27 bits per heavy atom. The van der Waals surface area contributed by atoms with Gasteiger partial charge in [-0.15, -0.1) is 0 Å². The molecule has 1 fully saturated rings. The van der Waals surface area contributed by atoms with E-state index in [1.54, 1.807) is 4.90 Å². The van der Waals surface area contributed by atoms with Crippen LogP contribution in [0.15, 0.2) is 0 Å². The van der Waals surface area contributed by atoms with Crippen molar-refractivity contribution >= 4 is 11.8 Å². The van der Waals surface area contributed by atoms with E-state index in [4.69, 9.17) is 11.5 Å². The van der Waals surface area contributed by atoms with Gasteiger partial charge in [0, 0.05) is 12.6 Å². The third kappa shape index (κ3) is 4.75. The summed E-state index contributed by atoms with van der Waals surface area (Å²) in [5.41, 5.74) is 10.2. The topological polar surface area (TPSA) is 101 Å². The van der Waals surface area contributed by atoms with Crippen LogP contribution in [0.3, 0.4) is 0 Å². The number of primary amides is 2. The summed E-state index contributed by atoms with van der Waals surface area (Å²) >= 11 is 0. The molecule has 0 aromatic heterocycles. The van der Waals surface area contributed by atoms with Gasteiger partial charge in [-0.2, -0.15) is 0 Å². The van der Waals surface area contributed by atoms with Crippen molar-refractivity contribution in [1.29, 1.82) is 0 Å². The van der Waals surface area contributed by atoms with E-state index < -0.39 is 11.8 Å². The van der Waals surface area contributed by atoms with Gasteiger partial charge in [-0.3, -0.25) is 14.5 Å². The first-order valence-electron chi connectivity index (χ1n) is 5.10. The Balaban J connectivity index is 2.39. The van der Waals surface area contributed by atoms with Crippen LogP contribution in [0.5, 0.6) is 0 Å². The Hall–Kier alpha value is -1.14. The monoisotopic (exact) mass is 214 g/mol. The molecule has 6 heteroatoms. The molecule has 0 aliphatic carbocycles. The molecule has 1 unspecified atom stereocenters. The van der Waals surface area contributed by atoms with Gasteiger partial charge in [0.1, 0.15) is 0 Å². The van der Waals surface area contributed by atoms with Crippen LogP contribution in [0.25, 0.3) is 0 Å². The Labute approximate surface area is 89.0 Å². The van der Waals surface area contributed by atoms with Crippen molar-refractivity contribution in [1.82, 2.24) is 10.2 Å². The zero-order valence-corrected chi connectivity index (χ0v) is 8.74. The Morgan fingerprint density at radius 2 is 1.87 bits per heavy atom. The van der Waals surface area contributed by atoms with E-state index in [9.17, 15) is 9.59 Å². The van der Waals surface area contributed by atoms with Crippen molar-refractivity contribution in [3.05, 3.63) is 0 Å². The number of carbonyl (C=O) groups excluding carboxylic acids is 2. The lowest BCUT2D eigenvalue weighted by Gasteiger charge is -2.22. The average molecular weight is 214 g/mol. The van der Waals surface area contributed by atoms with Crippen LogP contribution < -0.4 is 16.8 Å². The molecule has 86 valence electrons. The van der Waals surface area contributed by atoms with Crippen molar-refractivity contribution in [2.24, 2.45) is 11.5 Å². The number of nitrogens with zero attached hydrogens (tertiary/aromatic N) is 1. The van der Waals surface area contributed by atoms with Crippen molar-refractivity contribution in [3.63, 3.8) is 0 Å². The molecule has 0 aromatic rings. The van der Waals surface area contributed by atoms with Crippen LogP contribution in [0, 0.1) is 0 Å². The lowest BCUT2D eigenvalue weighted by Crippen LogP contribution is -2.45. The highest BCUT2D eigenvalue weighted by Crippen LogP contribution is 2.06. The van der Waals surface area contributed by atoms with E-state index in [-0.39, 0.29) is 13.1 Å². The summed E-state index contributed by atoms with van der Waals surface area (Å²) in [6, 6.07) is 0.337. The van der Waals surface area contributed by atoms with Crippen LogP contribution in [-0.4, -0.2) is 48.9 Å². The molecule has 15 heavy (non-hydrogen) atoms. The minimum absolute atomic E-state index is 0.0844. The molecule has 0 aromatic carbocycles.